The minimum absolute atomic E-state index is 0.109. The Morgan fingerprint density at radius 2 is 1.89 bits per heavy atom. The highest BCUT2D eigenvalue weighted by Crippen LogP contribution is 2.32. The highest BCUT2D eigenvalue weighted by Gasteiger charge is 2.26. The Hall–Kier alpha value is -0.520. The average Bonchev–Trinajstić information content (AvgIpc) is 2.38. The van der Waals surface area contributed by atoms with Crippen LogP contribution in [0.2, 0.25) is 0 Å². The maximum absolute atomic E-state index is 12.8. The summed E-state index contributed by atoms with van der Waals surface area (Å²) in [5, 5.41) is 3.25. The summed E-state index contributed by atoms with van der Waals surface area (Å²) in [5.41, 5.74) is 0.958. The third-order valence-electron chi connectivity index (χ3n) is 3.26. The van der Waals surface area contributed by atoms with E-state index in [1.54, 1.807) is 0 Å². The molecule has 1 fully saturated rings. The number of hydrogen-bond acceptors (Lipinski definition) is 2. The number of nitrogens with one attached hydrogen (secondary N) is 1. The Labute approximate surface area is 114 Å². The average molecular weight is 319 g/mol. The van der Waals surface area contributed by atoms with E-state index in [4.69, 9.17) is 0 Å². The first-order valence-corrected chi connectivity index (χ1v) is 6.95. The molecule has 1 aliphatic rings. The largest absolute Gasteiger partial charge is 0.314 e. The van der Waals surface area contributed by atoms with Crippen LogP contribution in [0.4, 0.5) is 8.78 Å². The third kappa shape index (κ3) is 3.49. The predicted octanol–water partition coefficient (Wildman–Crippen LogP) is 3.05. The van der Waals surface area contributed by atoms with Crippen molar-refractivity contribution in [2.75, 3.05) is 26.2 Å². The van der Waals surface area contributed by atoms with Crippen LogP contribution in [0.15, 0.2) is 28.7 Å². The molecule has 2 nitrogen and oxygen atoms in total. The van der Waals surface area contributed by atoms with Gasteiger partial charge in [-0.15, -0.1) is 0 Å². The normalized spacial score (nSPS) is 19.1. The summed E-state index contributed by atoms with van der Waals surface area (Å²) in [6.07, 6.45) is -2.39. The van der Waals surface area contributed by atoms with Crippen LogP contribution in [0, 0.1) is 0 Å². The third-order valence-corrected chi connectivity index (χ3v) is 3.98. The number of rotatable bonds is 4. The summed E-state index contributed by atoms with van der Waals surface area (Å²) in [5.74, 6) is 0. The summed E-state index contributed by atoms with van der Waals surface area (Å²) in [6, 6.07) is 7.45. The van der Waals surface area contributed by atoms with Gasteiger partial charge >= 0.3 is 0 Å². The molecule has 1 aromatic rings. The molecule has 1 atom stereocenters. The van der Waals surface area contributed by atoms with Gasteiger partial charge in [0.25, 0.3) is 0 Å². The van der Waals surface area contributed by atoms with Gasteiger partial charge in [0.2, 0.25) is 6.43 Å². The fourth-order valence-electron chi connectivity index (χ4n) is 2.38. The molecular formula is C13H17BrF2N2. The SMILES string of the molecule is FC(F)C[C@@H](c1ccccc1Br)N1CCNCC1. The van der Waals surface area contributed by atoms with Crippen molar-refractivity contribution < 1.29 is 8.78 Å². The molecule has 18 heavy (non-hydrogen) atoms. The van der Waals surface area contributed by atoms with E-state index in [2.05, 4.69) is 26.1 Å². The van der Waals surface area contributed by atoms with Crippen LogP contribution in [0.3, 0.4) is 0 Å². The molecule has 1 heterocycles. The molecule has 1 aliphatic heterocycles. The predicted molar refractivity (Wildman–Crippen MR) is 71.9 cm³/mol. The van der Waals surface area contributed by atoms with Crippen molar-refractivity contribution in [2.45, 2.75) is 18.9 Å². The van der Waals surface area contributed by atoms with E-state index in [1.165, 1.54) is 0 Å². The molecule has 0 aromatic heterocycles. The van der Waals surface area contributed by atoms with Gasteiger partial charge in [-0.25, -0.2) is 8.78 Å². The number of benzene rings is 1. The molecular weight excluding hydrogens is 302 g/mol. The lowest BCUT2D eigenvalue weighted by Gasteiger charge is -2.35. The number of piperazine rings is 1. The molecule has 1 N–H and O–H groups in total. The maximum atomic E-state index is 12.8. The molecule has 100 valence electrons. The molecule has 1 saturated heterocycles. The van der Waals surface area contributed by atoms with Crippen LogP contribution in [0.5, 0.6) is 0 Å². The van der Waals surface area contributed by atoms with Crippen molar-refractivity contribution in [1.29, 1.82) is 0 Å². The number of alkyl halides is 2. The number of halogens is 3. The molecule has 0 radical (unpaired) electrons. The molecule has 2 rings (SSSR count). The molecule has 0 unspecified atom stereocenters. The van der Waals surface area contributed by atoms with E-state index in [0.717, 1.165) is 36.2 Å². The quantitative estimate of drug-likeness (QED) is 0.918. The van der Waals surface area contributed by atoms with E-state index >= 15 is 0 Å². The summed E-state index contributed by atoms with van der Waals surface area (Å²) in [6.45, 7) is 3.37. The van der Waals surface area contributed by atoms with Gasteiger partial charge in [-0.05, 0) is 11.6 Å². The van der Waals surface area contributed by atoms with Crippen molar-refractivity contribution in [3.8, 4) is 0 Å². The first kappa shape index (κ1) is 13.9. The van der Waals surface area contributed by atoms with Crippen molar-refractivity contribution in [3.63, 3.8) is 0 Å². The van der Waals surface area contributed by atoms with E-state index in [1.807, 2.05) is 24.3 Å². The second kappa shape index (κ2) is 6.59. The topological polar surface area (TPSA) is 15.3 Å². The minimum atomic E-state index is -2.28. The van der Waals surface area contributed by atoms with Gasteiger partial charge in [-0.2, -0.15) is 0 Å². The monoisotopic (exact) mass is 318 g/mol. The first-order valence-electron chi connectivity index (χ1n) is 6.16. The Morgan fingerprint density at radius 3 is 2.50 bits per heavy atom. The highest BCUT2D eigenvalue weighted by molar-refractivity contribution is 9.10. The summed E-state index contributed by atoms with van der Waals surface area (Å²) in [4.78, 5) is 2.14. The minimum Gasteiger partial charge on any atom is -0.314 e. The van der Waals surface area contributed by atoms with Crippen molar-refractivity contribution in [2.24, 2.45) is 0 Å². The zero-order valence-electron chi connectivity index (χ0n) is 10.1. The smallest absolute Gasteiger partial charge is 0.240 e. The Balaban J connectivity index is 2.21. The van der Waals surface area contributed by atoms with Crippen LogP contribution in [-0.4, -0.2) is 37.5 Å². The molecule has 1 aromatic carbocycles. The van der Waals surface area contributed by atoms with Gasteiger partial charge in [-0.1, -0.05) is 34.1 Å². The Bertz CT molecular complexity index is 381. The van der Waals surface area contributed by atoms with Crippen LogP contribution >= 0.6 is 15.9 Å². The lowest BCUT2D eigenvalue weighted by atomic mass is 10.0. The van der Waals surface area contributed by atoms with Crippen LogP contribution < -0.4 is 5.32 Å². The zero-order valence-corrected chi connectivity index (χ0v) is 11.7. The molecule has 0 saturated carbocycles. The standard InChI is InChI=1S/C13H17BrF2N2/c14-11-4-2-1-3-10(11)12(9-13(15)16)18-7-5-17-6-8-18/h1-4,12-13,17H,5-9H2/t12-/m0/s1. The number of hydrogen-bond donors (Lipinski definition) is 1. The summed E-state index contributed by atoms with van der Waals surface area (Å²) < 4.78 is 26.5. The molecule has 0 bridgehead atoms. The first-order chi connectivity index (χ1) is 8.68. The van der Waals surface area contributed by atoms with Crippen molar-refractivity contribution >= 4 is 15.9 Å². The van der Waals surface area contributed by atoms with E-state index in [-0.39, 0.29) is 12.5 Å². The Morgan fingerprint density at radius 1 is 1.22 bits per heavy atom. The summed E-state index contributed by atoms with van der Waals surface area (Å²) in [7, 11) is 0. The van der Waals surface area contributed by atoms with Crippen LogP contribution in [0.1, 0.15) is 18.0 Å². The van der Waals surface area contributed by atoms with Gasteiger partial charge < -0.3 is 5.32 Å². The van der Waals surface area contributed by atoms with Gasteiger partial charge in [0.05, 0.1) is 0 Å². The van der Waals surface area contributed by atoms with E-state index in [0.29, 0.717) is 0 Å². The lowest BCUT2D eigenvalue weighted by molar-refractivity contribution is 0.0736. The lowest BCUT2D eigenvalue weighted by Crippen LogP contribution is -2.45. The van der Waals surface area contributed by atoms with Gasteiger partial charge in [-0.3, -0.25) is 4.90 Å². The fraction of sp³-hybridized carbons (Fsp3) is 0.538. The molecule has 0 aliphatic carbocycles. The second-order valence-electron chi connectivity index (χ2n) is 4.45. The van der Waals surface area contributed by atoms with Crippen molar-refractivity contribution in [1.82, 2.24) is 10.2 Å². The molecule has 5 heteroatoms. The van der Waals surface area contributed by atoms with Crippen LogP contribution in [0.25, 0.3) is 0 Å². The zero-order chi connectivity index (χ0) is 13.0. The number of nitrogens with zero attached hydrogens (tertiary/aromatic N) is 1. The Kier molecular flexibility index (Phi) is 5.09. The van der Waals surface area contributed by atoms with Gasteiger partial charge in [0.1, 0.15) is 0 Å². The fourth-order valence-corrected chi connectivity index (χ4v) is 2.93. The van der Waals surface area contributed by atoms with Gasteiger partial charge in [0.15, 0.2) is 0 Å². The van der Waals surface area contributed by atoms with Crippen molar-refractivity contribution in [3.05, 3.63) is 34.3 Å². The van der Waals surface area contributed by atoms with E-state index < -0.39 is 6.43 Å². The van der Waals surface area contributed by atoms with Gasteiger partial charge in [0, 0.05) is 43.1 Å². The molecule has 0 amide bonds. The van der Waals surface area contributed by atoms with E-state index in [9.17, 15) is 8.78 Å². The molecule has 0 spiro atoms. The van der Waals surface area contributed by atoms with Crippen LogP contribution in [-0.2, 0) is 0 Å². The maximum Gasteiger partial charge on any atom is 0.240 e. The highest BCUT2D eigenvalue weighted by atomic mass is 79.9. The summed E-state index contributed by atoms with van der Waals surface area (Å²) >= 11 is 3.47. The second-order valence-corrected chi connectivity index (χ2v) is 5.30.